The molecule has 0 aliphatic heterocycles. The molecule has 4 heteroatoms. The fraction of sp³-hybridized carbons (Fsp3) is 0.933. The van der Waals surface area contributed by atoms with E-state index >= 15 is 0 Å². The van der Waals surface area contributed by atoms with Gasteiger partial charge in [-0.2, -0.15) is 0 Å². The smallest absolute Gasteiger partial charge is 0.223 e. The van der Waals surface area contributed by atoms with Crippen molar-refractivity contribution in [3.63, 3.8) is 0 Å². The summed E-state index contributed by atoms with van der Waals surface area (Å²) in [6.07, 6.45) is 5.10. The lowest BCUT2D eigenvalue weighted by Gasteiger charge is -2.26. The van der Waals surface area contributed by atoms with Gasteiger partial charge in [-0.25, -0.2) is 0 Å². The molecule has 0 heterocycles. The molecule has 4 nitrogen and oxygen atoms in total. The molecule has 0 unspecified atom stereocenters. The first-order chi connectivity index (χ1) is 9.13. The Hall–Kier alpha value is -0.610. The molecule has 19 heavy (non-hydrogen) atoms. The first kappa shape index (κ1) is 16.4. The minimum atomic E-state index is 0.208. The number of ether oxygens (including phenoxy) is 1. The van der Waals surface area contributed by atoms with Crippen LogP contribution in [0, 0.1) is 17.8 Å². The predicted molar refractivity (Wildman–Crippen MR) is 77.8 cm³/mol. The summed E-state index contributed by atoms with van der Waals surface area (Å²) < 4.78 is 5.49. The fourth-order valence-electron chi connectivity index (χ4n) is 2.51. The highest BCUT2D eigenvalue weighted by atomic mass is 16.5. The van der Waals surface area contributed by atoms with Gasteiger partial charge in [0, 0.05) is 25.7 Å². The van der Waals surface area contributed by atoms with Crippen LogP contribution in [0.25, 0.3) is 0 Å². The van der Waals surface area contributed by atoms with Crippen LogP contribution in [0.5, 0.6) is 0 Å². The minimum Gasteiger partial charge on any atom is -0.381 e. The third-order valence-corrected chi connectivity index (χ3v) is 3.77. The average molecular weight is 270 g/mol. The van der Waals surface area contributed by atoms with Gasteiger partial charge in [-0.1, -0.05) is 13.8 Å². The quantitative estimate of drug-likeness (QED) is 0.662. The van der Waals surface area contributed by atoms with Crippen molar-refractivity contribution >= 4 is 5.91 Å². The second kappa shape index (κ2) is 9.32. The molecule has 1 amide bonds. The Bertz CT molecular complexity index is 249. The van der Waals surface area contributed by atoms with Gasteiger partial charge in [-0.05, 0) is 50.5 Å². The zero-order valence-corrected chi connectivity index (χ0v) is 12.5. The van der Waals surface area contributed by atoms with Gasteiger partial charge < -0.3 is 15.8 Å². The van der Waals surface area contributed by atoms with E-state index in [0.717, 1.165) is 58.4 Å². The highest BCUT2D eigenvalue weighted by molar-refractivity contribution is 5.78. The van der Waals surface area contributed by atoms with Gasteiger partial charge in [0.05, 0.1) is 0 Å². The van der Waals surface area contributed by atoms with Gasteiger partial charge in [0.2, 0.25) is 5.91 Å². The van der Waals surface area contributed by atoms with E-state index in [4.69, 9.17) is 10.5 Å². The van der Waals surface area contributed by atoms with Crippen LogP contribution in [-0.2, 0) is 9.53 Å². The number of carbonyl (C=O) groups excluding carboxylic acids is 1. The van der Waals surface area contributed by atoms with Gasteiger partial charge in [0.25, 0.3) is 0 Å². The Morgan fingerprint density at radius 1 is 1.32 bits per heavy atom. The minimum absolute atomic E-state index is 0.208. The lowest BCUT2D eigenvalue weighted by molar-refractivity contribution is -0.126. The Balaban J connectivity index is 2.02. The van der Waals surface area contributed by atoms with Crippen molar-refractivity contribution in [1.82, 2.24) is 5.32 Å². The summed E-state index contributed by atoms with van der Waals surface area (Å²) in [5.41, 5.74) is 5.66. The van der Waals surface area contributed by atoms with Crippen molar-refractivity contribution in [2.75, 3.05) is 26.3 Å². The second-order valence-corrected chi connectivity index (χ2v) is 6.07. The maximum absolute atomic E-state index is 12.0. The molecule has 0 spiro atoms. The normalized spacial score (nSPS) is 23.6. The molecule has 0 aromatic rings. The van der Waals surface area contributed by atoms with Crippen molar-refractivity contribution in [2.45, 2.75) is 46.0 Å². The van der Waals surface area contributed by atoms with Crippen molar-refractivity contribution in [3.05, 3.63) is 0 Å². The van der Waals surface area contributed by atoms with Crippen LogP contribution in [-0.4, -0.2) is 32.2 Å². The molecule has 0 aromatic carbocycles. The van der Waals surface area contributed by atoms with Crippen molar-refractivity contribution < 1.29 is 9.53 Å². The van der Waals surface area contributed by atoms with Gasteiger partial charge in [-0.3, -0.25) is 4.79 Å². The molecule has 112 valence electrons. The van der Waals surface area contributed by atoms with Crippen LogP contribution in [0.2, 0.25) is 0 Å². The molecule has 1 aliphatic rings. The van der Waals surface area contributed by atoms with E-state index in [9.17, 15) is 4.79 Å². The summed E-state index contributed by atoms with van der Waals surface area (Å²) in [6, 6.07) is 0. The number of carbonyl (C=O) groups is 1. The standard InChI is InChI=1S/C15H30N2O2/c1-12(2)11-19-9-3-8-17-15(18)14-6-4-13(10-16)5-7-14/h12-14H,3-11,16H2,1-2H3,(H,17,18). The first-order valence-electron chi connectivity index (χ1n) is 7.69. The molecular weight excluding hydrogens is 240 g/mol. The average Bonchev–Trinajstić information content (AvgIpc) is 2.42. The molecule has 1 fully saturated rings. The number of nitrogens with two attached hydrogens (primary N) is 1. The fourth-order valence-corrected chi connectivity index (χ4v) is 2.51. The third kappa shape index (κ3) is 6.92. The Labute approximate surface area is 117 Å². The lowest BCUT2D eigenvalue weighted by atomic mass is 9.81. The number of rotatable bonds is 8. The highest BCUT2D eigenvalue weighted by Crippen LogP contribution is 2.28. The van der Waals surface area contributed by atoms with Crippen LogP contribution in [0.1, 0.15) is 46.0 Å². The van der Waals surface area contributed by atoms with Crippen LogP contribution < -0.4 is 11.1 Å². The summed E-state index contributed by atoms with van der Waals surface area (Å²) in [7, 11) is 0. The molecule has 1 saturated carbocycles. The number of nitrogens with one attached hydrogen (secondary N) is 1. The van der Waals surface area contributed by atoms with E-state index in [2.05, 4.69) is 19.2 Å². The zero-order valence-electron chi connectivity index (χ0n) is 12.5. The molecule has 0 saturated heterocycles. The van der Waals surface area contributed by atoms with E-state index < -0.39 is 0 Å². The van der Waals surface area contributed by atoms with Crippen molar-refractivity contribution in [3.8, 4) is 0 Å². The Morgan fingerprint density at radius 2 is 2.00 bits per heavy atom. The molecular formula is C15H30N2O2. The summed E-state index contributed by atoms with van der Waals surface area (Å²) >= 11 is 0. The van der Waals surface area contributed by atoms with Gasteiger partial charge in [0.1, 0.15) is 0 Å². The maximum atomic E-state index is 12.0. The van der Waals surface area contributed by atoms with E-state index in [1.165, 1.54) is 0 Å². The van der Waals surface area contributed by atoms with Crippen LogP contribution in [0.15, 0.2) is 0 Å². The number of hydrogen-bond donors (Lipinski definition) is 2. The van der Waals surface area contributed by atoms with Crippen LogP contribution >= 0.6 is 0 Å². The van der Waals surface area contributed by atoms with Crippen molar-refractivity contribution in [1.29, 1.82) is 0 Å². The second-order valence-electron chi connectivity index (χ2n) is 6.07. The summed E-state index contributed by atoms with van der Waals surface area (Å²) in [4.78, 5) is 12.0. The van der Waals surface area contributed by atoms with Gasteiger partial charge in [-0.15, -0.1) is 0 Å². The summed E-state index contributed by atoms with van der Waals surface area (Å²) in [5, 5.41) is 3.02. The highest BCUT2D eigenvalue weighted by Gasteiger charge is 2.25. The van der Waals surface area contributed by atoms with Crippen molar-refractivity contribution in [2.24, 2.45) is 23.5 Å². The number of hydrogen-bond acceptors (Lipinski definition) is 3. The Morgan fingerprint density at radius 3 is 2.58 bits per heavy atom. The monoisotopic (exact) mass is 270 g/mol. The van der Waals surface area contributed by atoms with Crippen LogP contribution in [0.3, 0.4) is 0 Å². The van der Waals surface area contributed by atoms with E-state index in [-0.39, 0.29) is 11.8 Å². The largest absolute Gasteiger partial charge is 0.381 e. The molecule has 1 aliphatic carbocycles. The van der Waals surface area contributed by atoms with E-state index in [1.54, 1.807) is 0 Å². The molecule has 0 radical (unpaired) electrons. The lowest BCUT2D eigenvalue weighted by Crippen LogP contribution is -2.35. The molecule has 3 N–H and O–H groups in total. The van der Waals surface area contributed by atoms with Gasteiger partial charge in [0.15, 0.2) is 0 Å². The third-order valence-electron chi connectivity index (χ3n) is 3.77. The Kier molecular flexibility index (Phi) is 8.07. The maximum Gasteiger partial charge on any atom is 0.223 e. The number of amides is 1. The SMILES string of the molecule is CC(C)COCCCNC(=O)C1CCC(CN)CC1. The molecule has 0 aromatic heterocycles. The predicted octanol–water partition coefficient (Wildman–Crippen LogP) is 1.93. The molecule has 1 rings (SSSR count). The molecule has 0 atom stereocenters. The summed E-state index contributed by atoms with van der Waals surface area (Å²) in [5.74, 6) is 1.64. The summed E-state index contributed by atoms with van der Waals surface area (Å²) in [6.45, 7) is 7.31. The zero-order chi connectivity index (χ0) is 14.1. The first-order valence-corrected chi connectivity index (χ1v) is 7.69. The topological polar surface area (TPSA) is 64.3 Å². The van der Waals surface area contributed by atoms with E-state index in [0.29, 0.717) is 11.8 Å². The molecule has 0 bridgehead atoms. The van der Waals surface area contributed by atoms with Crippen LogP contribution in [0.4, 0.5) is 0 Å². The van der Waals surface area contributed by atoms with E-state index in [1.807, 2.05) is 0 Å². The van der Waals surface area contributed by atoms with Gasteiger partial charge >= 0.3 is 0 Å².